The highest BCUT2D eigenvalue weighted by Crippen LogP contribution is 2.40. The van der Waals surface area contributed by atoms with Gasteiger partial charge in [0.25, 0.3) is 5.91 Å². The van der Waals surface area contributed by atoms with Crippen molar-refractivity contribution in [3.63, 3.8) is 0 Å². The second kappa shape index (κ2) is 8.47. The Balaban J connectivity index is 1.69. The van der Waals surface area contributed by atoms with Gasteiger partial charge in [0.15, 0.2) is 0 Å². The van der Waals surface area contributed by atoms with Crippen LogP contribution in [0.4, 0.5) is 0 Å². The van der Waals surface area contributed by atoms with Crippen molar-refractivity contribution in [1.82, 2.24) is 4.90 Å². The van der Waals surface area contributed by atoms with Gasteiger partial charge in [0.2, 0.25) is 0 Å². The predicted octanol–water partition coefficient (Wildman–Crippen LogP) is 5.14. The van der Waals surface area contributed by atoms with E-state index in [-0.39, 0.29) is 11.9 Å². The number of methoxy groups -OCH3 is 1. The number of rotatable bonds is 6. The second-order valence-corrected chi connectivity index (χ2v) is 8.61. The van der Waals surface area contributed by atoms with Crippen molar-refractivity contribution in [2.45, 2.75) is 26.0 Å². The average molecular weight is 414 g/mol. The van der Waals surface area contributed by atoms with E-state index in [1.54, 1.807) is 29.8 Å². The third-order valence-corrected chi connectivity index (χ3v) is 6.95. The van der Waals surface area contributed by atoms with Gasteiger partial charge in [-0.15, -0.1) is 22.7 Å². The van der Waals surface area contributed by atoms with Crippen molar-refractivity contribution in [2.24, 2.45) is 0 Å². The summed E-state index contributed by atoms with van der Waals surface area (Å²) in [6.45, 7) is 3.74. The lowest BCUT2D eigenvalue weighted by atomic mass is 9.97. The molecule has 0 N–H and O–H groups in total. The summed E-state index contributed by atoms with van der Waals surface area (Å²) in [5.74, 6) is 0.800. The molecule has 1 aliphatic rings. The summed E-state index contributed by atoms with van der Waals surface area (Å²) in [5.41, 5.74) is 2.84. The minimum atomic E-state index is -0.0139. The zero-order chi connectivity index (χ0) is 19.5. The van der Waals surface area contributed by atoms with Gasteiger partial charge in [0.1, 0.15) is 5.75 Å². The molecule has 0 spiro atoms. The van der Waals surface area contributed by atoms with Gasteiger partial charge in [-0.05, 0) is 60.0 Å². The maximum Gasteiger partial charge on any atom is 0.254 e. The van der Waals surface area contributed by atoms with E-state index in [0.717, 1.165) is 24.3 Å². The quantitative estimate of drug-likeness (QED) is 0.561. The lowest BCUT2D eigenvalue weighted by Gasteiger charge is -2.35. The van der Waals surface area contributed by atoms with E-state index in [4.69, 9.17) is 9.47 Å². The highest BCUT2D eigenvalue weighted by atomic mass is 32.1. The van der Waals surface area contributed by atoms with Crippen molar-refractivity contribution in [3.05, 3.63) is 73.6 Å². The lowest BCUT2D eigenvalue weighted by molar-refractivity contribution is 0.0698. The van der Waals surface area contributed by atoms with Crippen LogP contribution in [0, 0.1) is 0 Å². The van der Waals surface area contributed by atoms with E-state index >= 15 is 0 Å². The summed E-state index contributed by atoms with van der Waals surface area (Å²) in [4.78, 5) is 18.1. The average Bonchev–Trinajstić information content (AvgIpc) is 3.42. The van der Waals surface area contributed by atoms with E-state index in [2.05, 4.69) is 29.0 Å². The fraction of sp³-hybridized carbons (Fsp3) is 0.318. The van der Waals surface area contributed by atoms with Crippen LogP contribution in [0.2, 0.25) is 0 Å². The number of carbonyl (C=O) groups excluding carboxylic acids is 1. The molecule has 2 aromatic heterocycles. The Kier molecular flexibility index (Phi) is 5.80. The fourth-order valence-corrected chi connectivity index (χ4v) is 5.45. The van der Waals surface area contributed by atoms with Gasteiger partial charge in [-0.3, -0.25) is 4.79 Å². The molecule has 0 bridgehead atoms. The molecule has 1 aromatic carbocycles. The van der Waals surface area contributed by atoms with E-state index < -0.39 is 0 Å². The number of hydrogen-bond donors (Lipinski definition) is 0. The first kappa shape index (κ1) is 19.2. The second-order valence-electron chi connectivity index (χ2n) is 6.63. The van der Waals surface area contributed by atoms with Crippen molar-refractivity contribution < 1.29 is 14.3 Å². The molecule has 6 heteroatoms. The number of ether oxygens (including phenoxy) is 2. The van der Waals surface area contributed by atoms with E-state index in [1.165, 1.54) is 15.3 Å². The van der Waals surface area contributed by atoms with Crippen LogP contribution in [-0.4, -0.2) is 31.1 Å². The van der Waals surface area contributed by atoms with E-state index in [0.29, 0.717) is 18.8 Å². The molecule has 4 nitrogen and oxygen atoms in total. The number of hydrogen-bond acceptors (Lipinski definition) is 5. The van der Waals surface area contributed by atoms with Crippen LogP contribution in [0.5, 0.6) is 5.75 Å². The Morgan fingerprint density at radius 1 is 1.21 bits per heavy atom. The number of thiophene rings is 2. The number of fused-ring (bicyclic) bond motifs is 1. The first-order valence-corrected chi connectivity index (χ1v) is 11.1. The minimum Gasteiger partial charge on any atom is -0.496 e. The summed E-state index contributed by atoms with van der Waals surface area (Å²) in [5, 5.41) is 4.21. The Bertz CT molecular complexity index is 949. The van der Waals surface area contributed by atoms with Crippen LogP contribution in [0.15, 0.2) is 47.2 Å². The molecule has 3 heterocycles. The molecule has 0 saturated heterocycles. The van der Waals surface area contributed by atoms with Crippen LogP contribution in [0.3, 0.4) is 0 Å². The van der Waals surface area contributed by atoms with E-state index in [9.17, 15) is 4.79 Å². The van der Waals surface area contributed by atoms with Gasteiger partial charge in [0, 0.05) is 34.0 Å². The standard InChI is InChI=1S/C22H23NO3S2/c1-3-26-14-16-13-15(6-7-18(16)25-2)22(24)23-10-8-19-17(9-12-28-19)21(23)20-5-4-11-27-20/h4-7,9,11-13,21H,3,8,10,14H2,1-2H3/t21-/m0/s1. The third kappa shape index (κ3) is 3.60. The Labute approximate surface area is 173 Å². The maximum atomic E-state index is 13.5. The molecule has 3 aromatic rings. The molecule has 1 amide bonds. The highest BCUT2D eigenvalue weighted by molar-refractivity contribution is 7.10. The molecular weight excluding hydrogens is 390 g/mol. The Morgan fingerprint density at radius 3 is 2.86 bits per heavy atom. The van der Waals surface area contributed by atoms with Gasteiger partial charge in [-0.2, -0.15) is 0 Å². The van der Waals surface area contributed by atoms with Crippen LogP contribution < -0.4 is 4.74 Å². The molecule has 1 aliphatic heterocycles. The smallest absolute Gasteiger partial charge is 0.254 e. The van der Waals surface area contributed by atoms with Gasteiger partial charge < -0.3 is 14.4 Å². The van der Waals surface area contributed by atoms with Crippen LogP contribution in [-0.2, 0) is 17.8 Å². The Morgan fingerprint density at radius 2 is 2.11 bits per heavy atom. The van der Waals surface area contributed by atoms with Crippen LogP contribution in [0.1, 0.15) is 44.2 Å². The maximum absolute atomic E-state index is 13.5. The molecular formula is C22H23NO3S2. The molecule has 0 saturated carbocycles. The monoisotopic (exact) mass is 413 g/mol. The number of benzene rings is 1. The number of nitrogens with zero attached hydrogens (tertiary/aromatic N) is 1. The third-order valence-electron chi connectivity index (χ3n) is 5.03. The molecule has 1 atom stereocenters. The summed E-state index contributed by atoms with van der Waals surface area (Å²) in [6, 6.07) is 11.9. The minimum absolute atomic E-state index is 0.0139. The highest BCUT2D eigenvalue weighted by Gasteiger charge is 2.34. The van der Waals surface area contributed by atoms with Crippen molar-refractivity contribution in [3.8, 4) is 5.75 Å². The van der Waals surface area contributed by atoms with Gasteiger partial charge >= 0.3 is 0 Å². The first-order chi connectivity index (χ1) is 13.7. The van der Waals surface area contributed by atoms with Gasteiger partial charge in [-0.1, -0.05) is 6.07 Å². The Hall–Kier alpha value is -2.15. The van der Waals surface area contributed by atoms with Crippen molar-refractivity contribution in [1.29, 1.82) is 0 Å². The molecule has 0 aliphatic carbocycles. The zero-order valence-corrected chi connectivity index (χ0v) is 17.6. The summed E-state index contributed by atoms with van der Waals surface area (Å²) in [7, 11) is 1.64. The molecule has 146 valence electrons. The molecule has 4 rings (SSSR count). The molecule has 0 unspecified atom stereocenters. The largest absolute Gasteiger partial charge is 0.496 e. The first-order valence-electron chi connectivity index (χ1n) is 9.38. The van der Waals surface area contributed by atoms with Crippen LogP contribution >= 0.6 is 22.7 Å². The summed E-state index contributed by atoms with van der Waals surface area (Å²) >= 11 is 3.49. The lowest BCUT2D eigenvalue weighted by Crippen LogP contribution is -2.39. The SMILES string of the molecule is CCOCc1cc(C(=O)N2CCc3sccc3[C@H]2c2cccs2)ccc1OC. The normalized spacial score (nSPS) is 16.1. The summed E-state index contributed by atoms with van der Waals surface area (Å²) < 4.78 is 11.0. The van der Waals surface area contributed by atoms with E-state index in [1.807, 2.05) is 30.0 Å². The fourth-order valence-electron chi connectivity index (χ4n) is 3.69. The summed E-state index contributed by atoms with van der Waals surface area (Å²) in [6.07, 6.45) is 0.905. The van der Waals surface area contributed by atoms with Crippen LogP contribution in [0.25, 0.3) is 0 Å². The number of carbonyl (C=O) groups is 1. The van der Waals surface area contributed by atoms with Gasteiger partial charge in [-0.25, -0.2) is 0 Å². The predicted molar refractivity (Wildman–Crippen MR) is 114 cm³/mol. The molecule has 0 radical (unpaired) electrons. The molecule has 0 fully saturated rings. The topological polar surface area (TPSA) is 38.8 Å². The van der Waals surface area contributed by atoms with Gasteiger partial charge in [0.05, 0.1) is 19.8 Å². The molecule has 28 heavy (non-hydrogen) atoms. The van der Waals surface area contributed by atoms with Crippen molar-refractivity contribution in [2.75, 3.05) is 20.3 Å². The zero-order valence-electron chi connectivity index (χ0n) is 16.0. The van der Waals surface area contributed by atoms with Crippen molar-refractivity contribution >= 4 is 28.6 Å². The number of amides is 1.